The van der Waals surface area contributed by atoms with Crippen molar-refractivity contribution in [1.82, 2.24) is 9.97 Å². The maximum atomic E-state index is 6.12. The van der Waals surface area contributed by atoms with E-state index < -0.39 is 0 Å². The van der Waals surface area contributed by atoms with Gasteiger partial charge in [-0.3, -0.25) is 0 Å². The van der Waals surface area contributed by atoms with Gasteiger partial charge < -0.3 is 10.7 Å². The fourth-order valence-corrected chi connectivity index (χ4v) is 3.55. The Morgan fingerprint density at radius 3 is 2.72 bits per heavy atom. The second kappa shape index (κ2) is 5.43. The quantitative estimate of drug-likeness (QED) is 0.861. The lowest BCUT2D eigenvalue weighted by molar-refractivity contribution is 0.337. The average Bonchev–Trinajstić information content (AvgIpc) is 2.82. The Morgan fingerprint density at radius 2 is 1.94 bits per heavy atom. The zero-order valence-electron chi connectivity index (χ0n) is 11.3. The lowest BCUT2D eigenvalue weighted by Crippen LogP contribution is -2.17. The molecule has 1 saturated carbocycles. The first-order valence-electron chi connectivity index (χ1n) is 7.66. The topological polar surface area (TPSA) is 54.7 Å². The van der Waals surface area contributed by atoms with Gasteiger partial charge in [-0.1, -0.05) is 32.1 Å². The molecule has 18 heavy (non-hydrogen) atoms. The average molecular weight is 247 g/mol. The number of fused-ring (bicyclic) bond motifs is 1. The second-order valence-corrected chi connectivity index (χ2v) is 6.09. The van der Waals surface area contributed by atoms with Gasteiger partial charge in [-0.2, -0.15) is 0 Å². The minimum atomic E-state index is 0.174. The monoisotopic (exact) mass is 247 g/mol. The molecule has 0 aromatic carbocycles. The summed E-state index contributed by atoms with van der Waals surface area (Å²) in [6.45, 7) is 0. The molecule has 2 aliphatic carbocycles. The van der Waals surface area contributed by atoms with Crippen molar-refractivity contribution in [2.75, 3.05) is 0 Å². The number of imidazole rings is 1. The van der Waals surface area contributed by atoms with Crippen molar-refractivity contribution in [3.05, 3.63) is 17.2 Å². The summed E-state index contributed by atoms with van der Waals surface area (Å²) in [6.07, 6.45) is 13.0. The summed E-state index contributed by atoms with van der Waals surface area (Å²) < 4.78 is 0. The predicted molar refractivity (Wildman–Crippen MR) is 73.4 cm³/mol. The number of aromatic nitrogens is 2. The van der Waals surface area contributed by atoms with Crippen LogP contribution in [0.25, 0.3) is 0 Å². The smallest absolute Gasteiger partial charge is 0.106 e. The largest absolute Gasteiger partial charge is 0.346 e. The SMILES string of the molecule is NC1CCCc2[nH]c(CCC3CCCCC3)nc21. The van der Waals surface area contributed by atoms with Crippen molar-refractivity contribution < 1.29 is 0 Å². The van der Waals surface area contributed by atoms with Gasteiger partial charge in [0.15, 0.2) is 0 Å². The van der Waals surface area contributed by atoms with Gasteiger partial charge in [0, 0.05) is 18.2 Å². The van der Waals surface area contributed by atoms with Gasteiger partial charge in [0.2, 0.25) is 0 Å². The van der Waals surface area contributed by atoms with E-state index in [9.17, 15) is 0 Å². The fourth-order valence-electron chi connectivity index (χ4n) is 3.55. The third-order valence-corrected chi connectivity index (χ3v) is 4.67. The number of hydrogen-bond acceptors (Lipinski definition) is 2. The zero-order chi connectivity index (χ0) is 12.4. The highest BCUT2D eigenvalue weighted by Gasteiger charge is 2.21. The Labute approximate surface area is 110 Å². The van der Waals surface area contributed by atoms with Crippen molar-refractivity contribution in [3.63, 3.8) is 0 Å². The summed E-state index contributed by atoms with van der Waals surface area (Å²) >= 11 is 0. The fraction of sp³-hybridized carbons (Fsp3) is 0.800. The Kier molecular flexibility index (Phi) is 3.69. The molecular formula is C15H25N3. The van der Waals surface area contributed by atoms with Gasteiger partial charge in [-0.05, 0) is 31.6 Å². The van der Waals surface area contributed by atoms with Crippen LogP contribution in [0, 0.1) is 5.92 Å². The first-order chi connectivity index (χ1) is 8.83. The molecule has 3 N–H and O–H groups in total. The van der Waals surface area contributed by atoms with Gasteiger partial charge in [0.05, 0.1) is 5.69 Å². The van der Waals surface area contributed by atoms with Crippen LogP contribution in [0.1, 0.15) is 74.6 Å². The Morgan fingerprint density at radius 1 is 1.11 bits per heavy atom. The summed E-state index contributed by atoms with van der Waals surface area (Å²) in [7, 11) is 0. The number of H-pyrrole nitrogens is 1. The molecule has 0 aliphatic heterocycles. The van der Waals surface area contributed by atoms with E-state index in [4.69, 9.17) is 10.7 Å². The third kappa shape index (κ3) is 2.61. The van der Waals surface area contributed by atoms with E-state index in [0.29, 0.717) is 0 Å². The maximum absolute atomic E-state index is 6.12. The predicted octanol–water partition coefficient (Wildman–Crippen LogP) is 3.26. The molecule has 3 rings (SSSR count). The van der Waals surface area contributed by atoms with Gasteiger partial charge in [-0.15, -0.1) is 0 Å². The van der Waals surface area contributed by atoms with Crippen LogP contribution in [-0.4, -0.2) is 9.97 Å². The number of aryl methyl sites for hydroxylation is 2. The molecule has 1 aromatic heterocycles. The number of nitrogens with zero attached hydrogens (tertiary/aromatic N) is 1. The van der Waals surface area contributed by atoms with Crippen LogP contribution in [0.3, 0.4) is 0 Å². The van der Waals surface area contributed by atoms with E-state index in [-0.39, 0.29) is 6.04 Å². The molecule has 0 bridgehead atoms. The number of aromatic amines is 1. The third-order valence-electron chi connectivity index (χ3n) is 4.67. The molecule has 1 aromatic rings. The van der Waals surface area contributed by atoms with Crippen LogP contribution in [-0.2, 0) is 12.8 Å². The van der Waals surface area contributed by atoms with Crippen LogP contribution < -0.4 is 5.73 Å². The molecule has 0 spiro atoms. The van der Waals surface area contributed by atoms with Crippen molar-refractivity contribution in [1.29, 1.82) is 0 Å². The minimum Gasteiger partial charge on any atom is -0.346 e. The van der Waals surface area contributed by atoms with E-state index in [1.54, 1.807) is 0 Å². The minimum absolute atomic E-state index is 0.174. The number of nitrogens with two attached hydrogens (primary N) is 1. The molecule has 0 amide bonds. The van der Waals surface area contributed by atoms with Crippen molar-refractivity contribution in [3.8, 4) is 0 Å². The summed E-state index contributed by atoms with van der Waals surface area (Å²) in [5, 5.41) is 0. The normalized spacial score (nSPS) is 25.1. The standard InChI is InChI=1S/C15H25N3/c16-12-7-4-8-13-15(12)18-14(17-13)10-9-11-5-2-1-3-6-11/h11-12H,1-10,16H2,(H,17,18). The molecule has 3 heteroatoms. The Balaban J connectivity index is 1.59. The first-order valence-corrected chi connectivity index (χ1v) is 7.66. The Hall–Kier alpha value is -0.830. The van der Waals surface area contributed by atoms with Gasteiger partial charge in [0.1, 0.15) is 5.82 Å². The highest BCUT2D eigenvalue weighted by atomic mass is 15.0. The van der Waals surface area contributed by atoms with Crippen molar-refractivity contribution in [2.45, 2.75) is 70.3 Å². The molecule has 1 atom stereocenters. The van der Waals surface area contributed by atoms with E-state index in [0.717, 1.165) is 30.9 Å². The van der Waals surface area contributed by atoms with Crippen LogP contribution >= 0.6 is 0 Å². The maximum Gasteiger partial charge on any atom is 0.106 e. The van der Waals surface area contributed by atoms with Crippen LogP contribution in [0.5, 0.6) is 0 Å². The van der Waals surface area contributed by atoms with Crippen molar-refractivity contribution >= 4 is 0 Å². The van der Waals surface area contributed by atoms with Crippen LogP contribution in [0.15, 0.2) is 0 Å². The van der Waals surface area contributed by atoms with Crippen molar-refractivity contribution in [2.24, 2.45) is 11.7 Å². The molecule has 0 saturated heterocycles. The molecule has 0 radical (unpaired) electrons. The summed E-state index contributed by atoms with van der Waals surface area (Å²) in [5.41, 5.74) is 8.58. The first kappa shape index (κ1) is 12.2. The summed E-state index contributed by atoms with van der Waals surface area (Å²) in [6, 6.07) is 0.174. The van der Waals surface area contributed by atoms with Gasteiger partial charge in [0.25, 0.3) is 0 Å². The van der Waals surface area contributed by atoms with Gasteiger partial charge >= 0.3 is 0 Å². The number of rotatable bonds is 3. The van der Waals surface area contributed by atoms with Crippen LogP contribution in [0.2, 0.25) is 0 Å². The summed E-state index contributed by atoms with van der Waals surface area (Å²) in [4.78, 5) is 8.25. The van der Waals surface area contributed by atoms with E-state index in [2.05, 4.69) is 4.98 Å². The highest BCUT2D eigenvalue weighted by molar-refractivity contribution is 5.21. The van der Waals surface area contributed by atoms with E-state index >= 15 is 0 Å². The molecular weight excluding hydrogens is 222 g/mol. The summed E-state index contributed by atoms with van der Waals surface area (Å²) in [5.74, 6) is 2.12. The molecule has 3 nitrogen and oxygen atoms in total. The lowest BCUT2D eigenvalue weighted by Gasteiger charge is -2.20. The second-order valence-electron chi connectivity index (χ2n) is 6.09. The molecule has 2 aliphatic rings. The molecule has 1 unspecified atom stereocenters. The zero-order valence-corrected chi connectivity index (χ0v) is 11.3. The number of hydrogen-bond donors (Lipinski definition) is 2. The Bertz CT molecular complexity index is 390. The molecule has 100 valence electrons. The van der Waals surface area contributed by atoms with E-state index in [1.165, 1.54) is 56.5 Å². The van der Waals surface area contributed by atoms with E-state index in [1.807, 2.05) is 0 Å². The van der Waals surface area contributed by atoms with Crippen LogP contribution in [0.4, 0.5) is 0 Å². The highest BCUT2D eigenvalue weighted by Crippen LogP contribution is 2.29. The molecule has 1 heterocycles. The van der Waals surface area contributed by atoms with Gasteiger partial charge in [-0.25, -0.2) is 4.98 Å². The number of nitrogens with one attached hydrogen (secondary N) is 1. The molecule has 1 fully saturated rings. The lowest BCUT2D eigenvalue weighted by atomic mass is 9.86.